The van der Waals surface area contributed by atoms with Crippen LogP contribution >= 0.6 is 15.9 Å². The van der Waals surface area contributed by atoms with Crippen molar-refractivity contribution in [1.82, 2.24) is 0 Å². The molecule has 3 rings (SSSR count). The predicted molar refractivity (Wildman–Crippen MR) is 108 cm³/mol. The van der Waals surface area contributed by atoms with Crippen molar-refractivity contribution in [3.63, 3.8) is 0 Å². The fourth-order valence-electron chi connectivity index (χ4n) is 2.66. The van der Waals surface area contributed by atoms with Gasteiger partial charge in [0.05, 0.1) is 29.9 Å². The Morgan fingerprint density at radius 3 is 2.46 bits per heavy atom. The minimum absolute atomic E-state index is 0.0223. The maximum atomic E-state index is 10.7. The highest BCUT2D eigenvalue weighted by Crippen LogP contribution is 2.41. The number of ether oxygens (including phenoxy) is 4. The summed E-state index contributed by atoms with van der Waals surface area (Å²) in [4.78, 5) is 10.2. The molecule has 28 heavy (non-hydrogen) atoms. The SMILES string of the molecule is COc1ccc(C2=CCC(=COc3ccc([N+](=O)[O-])cc3)CO2)c(Br)c1OC. The molecule has 0 fully saturated rings. The average molecular weight is 448 g/mol. The highest BCUT2D eigenvalue weighted by Gasteiger charge is 2.19. The van der Waals surface area contributed by atoms with E-state index in [-0.39, 0.29) is 5.69 Å². The third-order valence-electron chi connectivity index (χ3n) is 4.12. The molecule has 7 nitrogen and oxygen atoms in total. The Balaban J connectivity index is 1.70. The lowest BCUT2D eigenvalue weighted by Crippen LogP contribution is -2.06. The van der Waals surface area contributed by atoms with E-state index in [1.54, 1.807) is 32.6 Å². The lowest BCUT2D eigenvalue weighted by atomic mass is 10.1. The Morgan fingerprint density at radius 2 is 1.89 bits per heavy atom. The molecule has 0 unspecified atom stereocenters. The van der Waals surface area contributed by atoms with Crippen LogP contribution in [0.4, 0.5) is 5.69 Å². The van der Waals surface area contributed by atoms with Crippen LogP contribution in [0.15, 0.2) is 58.8 Å². The zero-order valence-corrected chi connectivity index (χ0v) is 16.9. The van der Waals surface area contributed by atoms with Gasteiger partial charge in [-0.25, -0.2) is 0 Å². The molecule has 0 saturated heterocycles. The number of halogens is 1. The zero-order chi connectivity index (χ0) is 20.1. The molecular formula is C20H18BrNO6. The summed E-state index contributed by atoms with van der Waals surface area (Å²) < 4.78 is 22.9. The summed E-state index contributed by atoms with van der Waals surface area (Å²) in [5.74, 6) is 2.50. The molecule has 1 aliphatic rings. The van der Waals surface area contributed by atoms with Gasteiger partial charge in [0, 0.05) is 23.3 Å². The molecule has 0 bridgehead atoms. The summed E-state index contributed by atoms with van der Waals surface area (Å²) in [5, 5.41) is 10.7. The third kappa shape index (κ3) is 4.28. The standard InChI is InChI=1S/C20H18BrNO6/c1-25-18-10-8-16(19(21)20(18)26-2)17-9-3-13(12-28-17)11-27-15-6-4-14(5-7-15)22(23)24/h4-11H,3,12H2,1-2H3. The Labute approximate surface area is 170 Å². The monoisotopic (exact) mass is 447 g/mol. The fraction of sp³-hybridized carbons (Fsp3) is 0.200. The largest absolute Gasteiger partial charge is 0.493 e. The van der Waals surface area contributed by atoms with Gasteiger partial charge in [0.2, 0.25) is 0 Å². The summed E-state index contributed by atoms with van der Waals surface area (Å²) in [7, 11) is 3.17. The van der Waals surface area contributed by atoms with Crippen molar-refractivity contribution in [2.75, 3.05) is 20.8 Å². The van der Waals surface area contributed by atoms with Gasteiger partial charge in [-0.15, -0.1) is 0 Å². The first-order valence-corrected chi connectivity index (χ1v) is 9.15. The van der Waals surface area contributed by atoms with Gasteiger partial charge in [-0.3, -0.25) is 10.1 Å². The van der Waals surface area contributed by atoms with Gasteiger partial charge in [-0.05, 0) is 52.7 Å². The number of nitrogens with zero attached hydrogens (tertiary/aromatic N) is 1. The number of benzene rings is 2. The van der Waals surface area contributed by atoms with Crippen molar-refractivity contribution in [3.05, 3.63) is 74.5 Å². The van der Waals surface area contributed by atoms with Crippen LogP contribution in [-0.2, 0) is 4.74 Å². The Morgan fingerprint density at radius 1 is 1.14 bits per heavy atom. The van der Waals surface area contributed by atoms with Gasteiger partial charge in [-0.2, -0.15) is 0 Å². The van der Waals surface area contributed by atoms with Crippen LogP contribution in [-0.4, -0.2) is 25.7 Å². The quantitative estimate of drug-likeness (QED) is 0.348. The minimum Gasteiger partial charge on any atom is -0.493 e. The second-order valence-corrected chi connectivity index (χ2v) is 6.66. The number of methoxy groups -OCH3 is 2. The Kier molecular flexibility index (Phi) is 6.20. The first kappa shape index (κ1) is 19.8. The lowest BCUT2D eigenvalue weighted by molar-refractivity contribution is -0.384. The van der Waals surface area contributed by atoms with E-state index in [1.807, 2.05) is 18.2 Å². The molecule has 0 aromatic heterocycles. The second-order valence-electron chi connectivity index (χ2n) is 5.87. The van der Waals surface area contributed by atoms with Crippen molar-refractivity contribution in [2.24, 2.45) is 0 Å². The van der Waals surface area contributed by atoms with Gasteiger partial charge in [0.25, 0.3) is 5.69 Å². The summed E-state index contributed by atoms with van der Waals surface area (Å²) in [6.07, 6.45) is 4.22. The molecule has 8 heteroatoms. The second kappa shape index (κ2) is 8.79. The zero-order valence-electron chi connectivity index (χ0n) is 15.3. The molecule has 1 heterocycles. The average Bonchev–Trinajstić information content (AvgIpc) is 2.72. The summed E-state index contributed by atoms with van der Waals surface area (Å²) >= 11 is 3.55. The molecule has 146 valence electrons. The number of rotatable bonds is 6. The van der Waals surface area contributed by atoms with Crippen molar-refractivity contribution >= 4 is 27.4 Å². The van der Waals surface area contributed by atoms with E-state index in [2.05, 4.69) is 15.9 Å². The molecule has 0 N–H and O–H groups in total. The molecule has 2 aromatic rings. The summed E-state index contributed by atoms with van der Waals surface area (Å²) in [5.41, 5.74) is 1.83. The van der Waals surface area contributed by atoms with Crippen molar-refractivity contribution in [2.45, 2.75) is 6.42 Å². The highest BCUT2D eigenvalue weighted by atomic mass is 79.9. The predicted octanol–water partition coefficient (Wildman–Crippen LogP) is 5.10. The van der Waals surface area contributed by atoms with E-state index in [1.165, 1.54) is 12.1 Å². The van der Waals surface area contributed by atoms with Crippen LogP contribution in [0.25, 0.3) is 5.76 Å². The van der Waals surface area contributed by atoms with Crippen LogP contribution < -0.4 is 14.2 Å². The van der Waals surface area contributed by atoms with Crippen molar-refractivity contribution < 1.29 is 23.9 Å². The number of nitro groups is 1. The smallest absolute Gasteiger partial charge is 0.269 e. The number of allylic oxidation sites excluding steroid dienone is 1. The Hall–Kier alpha value is -3.00. The first-order chi connectivity index (χ1) is 13.5. The van der Waals surface area contributed by atoms with Gasteiger partial charge in [0.1, 0.15) is 18.1 Å². The van der Waals surface area contributed by atoms with Crippen LogP contribution in [0.1, 0.15) is 12.0 Å². The third-order valence-corrected chi connectivity index (χ3v) is 4.91. The van der Waals surface area contributed by atoms with Crippen LogP contribution in [0, 0.1) is 10.1 Å². The van der Waals surface area contributed by atoms with Crippen LogP contribution in [0.3, 0.4) is 0 Å². The Bertz CT molecular complexity index is 936. The van der Waals surface area contributed by atoms with E-state index < -0.39 is 4.92 Å². The van der Waals surface area contributed by atoms with Gasteiger partial charge in [0.15, 0.2) is 11.5 Å². The number of hydrogen-bond acceptors (Lipinski definition) is 6. The first-order valence-electron chi connectivity index (χ1n) is 8.36. The van der Waals surface area contributed by atoms with Crippen molar-refractivity contribution in [1.29, 1.82) is 0 Å². The number of hydrogen-bond donors (Lipinski definition) is 0. The van der Waals surface area contributed by atoms with E-state index in [0.29, 0.717) is 30.3 Å². The van der Waals surface area contributed by atoms with E-state index in [9.17, 15) is 10.1 Å². The molecule has 2 aromatic carbocycles. The van der Waals surface area contributed by atoms with E-state index in [0.717, 1.165) is 21.4 Å². The van der Waals surface area contributed by atoms with E-state index >= 15 is 0 Å². The molecule has 0 atom stereocenters. The maximum absolute atomic E-state index is 10.7. The minimum atomic E-state index is -0.449. The van der Waals surface area contributed by atoms with Crippen LogP contribution in [0.5, 0.6) is 17.2 Å². The highest BCUT2D eigenvalue weighted by molar-refractivity contribution is 9.10. The van der Waals surface area contributed by atoms with Gasteiger partial charge in [-0.1, -0.05) is 0 Å². The number of non-ortho nitro benzene ring substituents is 1. The molecule has 0 saturated carbocycles. The van der Waals surface area contributed by atoms with Crippen molar-refractivity contribution in [3.8, 4) is 17.2 Å². The molecule has 0 radical (unpaired) electrons. The van der Waals surface area contributed by atoms with Gasteiger partial charge >= 0.3 is 0 Å². The number of nitro benzene ring substituents is 1. The molecule has 0 spiro atoms. The van der Waals surface area contributed by atoms with Crippen LogP contribution in [0.2, 0.25) is 0 Å². The molecule has 1 aliphatic heterocycles. The molecular weight excluding hydrogens is 430 g/mol. The normalized spacial score (nSPS) is 14.8. The lowest BCUT2D eigenvalue weighted by Gasteiger charge is -2.20. The topological polar surface area (TPSA) is 80.1 Å². The van der Waals surface area contributed by atoms with Gasteiger partial charge < -0.3 is 18.9 Å². The molecule has 0 amide bonds. The molecule has 0 aliphatic carbocycles. The van der Waals surface area contributed by atoms with E-state index in [4.69, 9.17) is 18.9 Å². The maximum Gasteiger partial charge on any atom is 0.269 e. The fourth-order valence-corrected chi connectivity index (χ4v) is 3.34. The summed E-state index contributed by atoms with van der Waals surface area (Å²) in [6, 6.07) is 9.64. The summed E-state index contributed by atoms with van der Waals surface area (Å²) in [6.45, 7) is 0.375.